The summed E-state index contributed by atoms with van der Waals surface area (Å²) >= 11 is 0. The van der Waals surface area contributed by atoms with Crippen LogP contribution in [0.15, 0.2) is 18.2 Å². The Kier molecular flexibility index (Phi) is 4.63. The first-order chi connectivity index (χ1) is 9.23. The summed E-state index contributed by atoms with van der Waals surface area (Å²) in [6.07, 6.45) is 0. The van der Waals surface area contributed by atoms with Crippen LogP contribution < -0.4 is 11.1 Å². The Labute approximate surface area is 114 Å². The van der Waals surface area contributed by atoms with Crippen LogP contribution in [0.5, 0.6) is 0 Å². The molecule has 1 unspecified atom stereocenters. The molecule has 1 rings (SSSR count). The van der Waals surface area contributed by atoms with E-state index in [1.807, 2.05) is 0 Å². The van der Waals surface area contributed by atoms with Crippen molar-refractivity contribution in [1.82, 2.24) is 0 Å². The van der Waals surface area contributed by atoms with Gasteiger partial charge in [0.2, 0.25) is 5.91 Å². The Hall–Kier alpha value is -2.64. The van der Waals surface area contributed by atoms with E-state index in [4.69, 9.17) is 10.8 Å². The second kappa shape index (κ2) is 6.00. The molecule has 0 aliphatic rings. The van der Waals surface area contributed by atoms with Gasteiger partial charge in [0.05, 0.1) is 10.5 Å². The first kappa shape index (κ1) is 15.4. The molecule has 1 aromatic carbocycles. The summed E-state index contributed by atoms with van der Waals surface area (Å²) in [6.45, 7) is 3.44. The monoisotopic (exact) mass is 281 g/mol. The third kappa shape index (κ3) is 3.44. The first-order valence-electron chi connectivity index (χ1n) is 5.81. The van der Waals surface area contributed by atoms with Gasteiger partial charge in [0, 0.05) is 6.07 Å². The molecule has 8 heteroatoms. The number of nitrogens with one attached hydrogen (secondary N) is 1. The van der Waals surface area contributed by atoms with Gasteiger partial charge >= 0.3 is 5.97 Å². The molecule has 1 atom stereocenters. The minimum atomic E-state index is -1.22. The van der Waals surface area contributed by atoms with E-state index in [-0.39, 0.29) is 22.9 Å². The quantitative estimate of drug-likeness (QED) is 0.529. The number of hydrogen-bond acceptors (Lipinski definition) is 5. The lowest BCUT2D eigenvalue weighted by Crippen LogP contribution is -2.39. The first-order valence-corrected chi connectivity index (χ1v) is 5.81. The van der Waals surface area contributed by atoms with Gasteiger partial charge in [-0.05, 0) is 18.1 Å². The summed E-state index contributed by atoms with van der Waals surface area (Å²) in [7, 11) is 0. The molecule has 0 aromatic heterocycles. The number of hydrogen-bond donors (Lipinski definition) is 3. The molecule has 0 aliphatic carbocycles. The summed E-state index contributed by atoms with van der Waals surface area (Å²) in [4.78, 5) is 32.5. The van der Waals surface area contributed by atoms with Gasteiger partial charge in [0.15, 0.2) is 0 Å². The molecule has 108 valence electrons. The van der Waals surface area contributed by atoms with E-state index in [0.717, 1.165) is 18.2 Å². The van der Waals surface area contributed by atoms with E-state index in [9.17, 15) is 19.7 Å². The molecule has 0 heterocycles. The van der Waals surface area contributed by atoms with Crippen molar-refractivity contribution < 1.29 is 19.6 Å². The van der Waals surface area contributed by atoms with Crippen molar-refractivity contribution in [3.8, 4) is 0 Å². The average molecular weight is 281 g/mol. The SMILES string of the molecule is CC(C)C(Nc1cc(C(=O)O)ccc1[N+](=O)[O-])C(N)=O. The number of nitrogens with zero attached hydrogens (tertiary/aromatic N) is 1. The summed E-state index contributed by atoms with van der Waals surface area (Å²) in [5, 5.41) is 22.5. The van der Waals surface area contributed by atoms with Crippen molar-refractivity contribution in [2.45, 2.75) is 19.9 Å². The van der Waals surface area contributed by atoms with E-state index >= 15 is 0 Å². The number of carboxylic acid groups (broad SMARTS) is 1. The molecule has 0 bridgehead atoms. The molecule has 0 radical (unpaired) electrons. The molecule has 0 saturated heterocycles. The van der Waals surface area contributed by atoms with E-state index < -0.39 is 22.8 Å². The van der Waals surface area contributed by atoms with Crippen molar-refractivity contribution >= 4 is 23.3 Å². The van der Waals surface area contributed by atoms with Crippen LogP contribution in [0, 0.1) is 16.0 Å². The number of primary amides is 1. The molecule has 1 amide bonds. The highest BCUT2D eigenvalue weighted by molar-refractivity contribution is 5.91. The van der Waals surface area contributed by atoms with Gasteiger partial charge in [0.25, 0.3) is 5.69 Å². The Morgan fingerprint density at radius 2 is 2.00 bits per heavy atom. The average Bonchev–Trinajstić information content (AvgIpc) is 2.34. The summed E-state index contributed by atoms with van der Waals surface area (Å²) in [6, 6.07) is 2.47. The van der Waals surface area contributed by atoms with Crippen LogP contribution in [0.1, 0.15) is 24.2 Å². The van der Waals surface area contributed by atoms with Gasteiger partial charge in [0.1, 0.15) is 11.7 Å². The Bertz CT molecular complexity index is 556. The van der Waals surface area contributed by atoms with Gasteiger partial charge in [-0.15, -0.1) is 0 Å². The van der Waals surface area contributed by atoms with E-state index in [0.29, 0.717) is 0 Å². The predicted molar refractivity (Wildman–Crippen MR) is 71.5 cm³/mol. The maximum absolute atomic E-state index is 11.3. The number of carboxylic acids is 1. The van der Waals surface area contributed by atoms with Crippen LogP contribution in [0.25, 0.3) is 0 Å². The number of rotatable bonds is 6. The van der Waals surface area contributed by atoms with Crippen molar-refractivity contribution in [2.75, 3.05) is 5.32 Å². The molecule has 20 heavy (non-hydrogen) atoms. The van der Waals surface area contributed by atoms with Crippen molar-refractivity contribution in [3.63, 3.8) is 0 Å². The summed E-state index contributed by atoms with van der Waals surface area (Å²) in [5.74, 6) is -2.10. The van der Waals surface area contributed by atoms with Gasteiger partial charge in [-0.2, -0.15) is 0 Å². The predicted octanol–water partition coefficient (Wildman–Crippen LogP) is 1.21. The Balaban J connectivity index is 3.25. The highest BCUT2D eigenvalue weighted by Gasteiger charge is 2.24. The lowest BCUT2D eigenvalue weighted by atomic mass is 10.0. The lowest BCUT2D eigenvalue weighted by molar-refractivity contribution is -0.384. The molecule has 0 fully saturated rings. The fourth-order valence-corrected chi connectivity index (χ4v) is 1.68. The highest BCUT2D eigenvalue weighted by atomic mass is 16.6. The van der Waals surface area contributed by atoms with Crippen LogP contribution in [-0.2, 0) is 4.79 Å². The van der Waals surface area contributed by atoms with Crippen LogP contribution in [0.3, 0.4) is 0 Å². The number of nitro groups is 1. The second-order valence-corrected chi connectivity index (χ2v) is 4.56. The molecule has 0 spiro atoms. The third-order valence-corrected chi connectivity index (χ3v) is 2.72. The maximum atomic E-state index is 11.3. The number of carbonyl (C=O) groups is 2. The van der Waals surface area contributed by atoms with Crippen molar-refractivity contribution in [3.05, 3.63) is 33.9 Å². The largest absolute Gasteiger partial charge is 0.478 e. The van der Waals surface area contributed by atoms with Crippen molar-refractivity contribution in [1.29, 1.82) is 0 Å². The fraction of sp³-hybridized carbons (Fsp3) is 0.333. The zero-order valence-corrected chi connectivity index (χ0v) is 11.0. The van der Waals surface area contributed by atoms with E-state index in [2.05, 4.69) is 5.32 Å². The number of anilines is 1. The second-order valence-electron chi connectivity index (χ2n) is 4.56. The molecule has 1 aromatic rings. The molecule has 0 aliphatic heterocycles. The summed E-state index contributed by atoms with van der Waals surface area (Å²) in [5.41, 5.74) is 4.74. The zero-order chi connectivity index (χ0) is 15.4. The number of nitrogens with two attached hydrogens (primary N) is 1. The normalized spacial score (nSPS) is 11.9. The van der Waals surface area contributed by atoms with Crippen LogP contribution in [-0.4, -0.2) is 27.9 Å². The highest BCUT2D eigenvalue weighted by Crippen LogP contribution is 2.27. The van der Waals surface area contributed by atoms with Crippen molar-refractivity contribution in [2.24, 2.45) is 11.7 Å². The molecular formula is C12H15N3O5. The summed E-state index contributed by atoms with van der Waals surface area (Å²) < 4.78 is 0. The standard InChI is InChI=1S/C12H15N3O5/c1-6(2)10(11(13)16)14-8-5-7(12(17)18)3-4-9(8)15(19)20/h3-6,10,14H,1-2H3,(H2,13,16)(H,17,18). The number of nitro benzene ring substituents is 1. The minimum Gasteiger partial charge on any atom is -0.478 e. The number of amides is 1. The molecule has 0 saturated carbocycles. The van der Waals surface area contributed by atoms with Gasteiger partial charge < -0.3 is 16.2 Å². The van der Waals surface area contributed by atoms with Crippen LogP contribution in [0.4, 0.5) is 11.4 Å². The molecule has 4 N–H and O–H groups in total. The lowest BCUT2D eigenvalue weighted by Gasteiger charge is -2.20. The fourth-order valence-electron chi connectivity index (χ4n) is 1.68. The van der Waals surface area contributed by atoms with Crippen LogP contribution >= 0.6 is 0 Å². The Morgan fingerprint density at radius 3 is 2.40 bits per heavy atom. The van der Waals surface area contributed by atoms with E-state index in [1.54, 1.807) is 13.8 Å². The molecule has 8 nitrogen and oxygen atoms in total. The zero-order valence-electron chi connectivity index (χ0n) is 11.0. The minimum absolute atomic E-state index is 0.0487. The van der Waals surface area contributed by atoms with E-state index in [1.165, 1.54) is 0 Å². The number of benzene rings is 1. The van der Waals surface area contributed by atoms with Gasteiger partial charge in [-0.25, -0.2) is 4.79 Å². The van der Waals surface area contributed by atoms with Crippen LogP contribution in [0.2, 0.25) is 0 Å². The topological polar surface area (TPSA) is 136 Å². The maximum Gasteiger partial charge on any atom is 0.335 e. The number of carbonyl (C=O) groups excluding carboxylic acids is 1. The van der Waals surface area contributed by atoms with Gasteiger partial charge in [-0.3, -0.25) is 14.9 Å². The Morgan fingerprint density at radius 1 is 1.40 bits per heavy atom. The molecular weight excluding hydrogens is 266 g/mol. The van der Waals surface area contributed by atoms with Gasteiger partial charge in [-0.1, -0.05) is 13.8 Å². The smallest absolute Gasteiger partial charge is 0.335 e. The number of aromatic carboxylic acids is 1. The third-order valence-electron chi connectivity index (χ3n) is 2.72.